The van der Waals surface area contributed by atoms with Crippen LogP contribution in [0.15, 0.2) is 23.2 Å². The van der Waals surface area contributed by atoms with Gasteiger partial charge in [-0.25, -0.2) is 4.99 Å². The lowest BCUT2D eigenvalue weighted by molar-refractivity contribution is -0.139. The largest absolute Gasteiger partial charge is 0.493 e. The van der Waals surface area contributed by atoms with E-state index in [9.17, 15) is 17.6 Å². The molecule has 0 aliphatic carbocycles. The maximum atomic E-state index is 13.5. The van der Waals surface area contributed by atoms with Crippen molar-refractivity contribution in [3.05, 3.63) is 29.3 Å². The van der Waals surface area contributed by atoms with Crippen LogP contribution in [0.1, 0.15) is 69.9 Å². The molecule has 0 spiro atoms. The Morgan fingerprint density at radius 3 is 2.52 bits per heavy atom. The fourth-order valence-corrected chi connectivity index (χ4v) is 3.54. The van der Waals surface area contributed by atoms with Crippen molar-refractivity contribution < 1.29 is 27.0 Å². The molecule has 1 aromatic carbocycles. The number of alkyl halides is 4. The van der Waals surface area contributed by atoms with Gasteiger partial charge >= 0.3 is 6.18 Å². The second kappa shape index (κ2) is 10.8. The monoisotopic (exact) mass is 417 g/mol. The highest BCUT2D eigenvalue weighted by Gasteiger charge is 2.37. The number of rotatable bonds is 12. The Labute approximate surface area is 170 Å². The molecule has 1 aromatic rings. The van der Waals surface area contributed by atoms with Gasteiger partial charge in [-0.3, -0.25) is 4.39 Å². The van der Waals surface area contributed by atoms with E-state index < -0.39 is 24.0 Å². The minimum absolute atomic E-state index is 0.131. The van der Waals surface area contributed by atoms with Crippen LogP contribution in [0.3, 0.4) is 0 Å². The zero-order chi connectivity index (χ0) is 21.3. The number of hydrogen-bond donors (Lipinski definition) is 0. The van der Waals surface area contributed by atoms with E-state index in [4.69, 9.17) is 9.47 Å². The van der Waals surface area contributed by atoms with Crippen LogP contribution in [0.2, 0.25) is 0 Å². The minimum atomic E-state index is -4.49. The maximum Gasteiger partial charge on any atom is 0.419 e. The molecule has 0 fully saturated rings. The van der Waals surface area contributed by atoms with Crippen molar-refractivity contribution >= 4 is 5.90 Å². The fraction of sp³-hybridized carbons (Fsp3) is 0.682. The Morgan fingerprint density at radius 2 is 1.90 bits per heavy atom. The standard InChI is InChI=1S/C22H31F4NO2/c1-3-4-5-6-7-14-28-20-9-8-18(15-19(20)22(24,25)26)10-11-21(12-13-23)16-29-17(2)27-21/h8-9,15H,3-7,10-14,16H2,1-2H3. The van der Waals surface area contributed by atoms with Gasteiger partial charge in [0.15, 0.2) is 5.90 Å². The van der Waals surface area contributed by atoms with Crippen molar-refractivity contribution in [1.29, 1.82) is 0 Å². The molecule has 0 saturated carbocycles. The number of aryl methyl sites for hydroxylation is 1. The number of aliphatic imine (C=N–C) groups is 1. The highest BCUT2D eigenvalue weighted by Crippen LogP contribution is 2.38. The second-order valence-electron chi connectivity index (χ2n) is 7.67. The van der Waals surface area contributed by atoms with E-state index in [1.165, 1.54) is 6.07 Å². The molecule has 164 valence electrons. The average Bonchev–Trinajstić information content (AvgIpc) is 3.04. The first kappa shape index (κ1) is 23.5. The van der Waals surface area contributed by atoms with Crippen molar-refractivity contribution in [2.24, 2.45) is 4.99 Å². The highest BCUT2D eigenvalue weighted by atomic mass is 19.4. The minimum Gasteiger partial charge on any atom is -0.493 e. The predicted molar refractivity (Wildman–Crippen MR) is 106 cm³/mol. The van der Waals surface area contributed by atoms with Crippen molar-refractivity contribution in [2.75, 3.05) is 19.9 Å². The summed E-state index contributed by atoms with van der Waals surface area (Å²) in [5.41, 5.74) is -0.915. The third-order valence-electron chi connectivity index (χ3n) is 5.24. The molecule has 3 nitrogen and oxygen atoms in total. The molecule has 0 saturated heterocycles. The van der Waals surface area contributed by atoms with Crippen LogP contribution < -0.4 is 4.74 Å². The molecule has 1 unspecified atom stereocenters. The summed E-state index contributed by atoms with van der Waals surface area (Å²) in [4.78, 5) is 4.39. The van der Waals surface area contributed by atoms with E-state index >= 15 is 0 Å². The Hall–Kier alpha value is -1.79. The van der Waals surface area contributed by atoms with Gasteiger partial charge in [0.1, 0.15) is 17.9 Å². The van der Waals surface area contributed by atoms with Gasteiger partial charge < -0.3 is 9.47 Å². The summed E-state index contributed by atoms with van der Waals surface area (Å²) in [7, 11) is 0. The zero-order valence-corrected chi connectivity index (χ0v) is 17.3. The summed E-state index contributed by atoms with van der Waals surface area (Å²) in [5, 5.41) is 0. The Kier molecular flexibility index (Phi) is 8.78. The van der Waals surface area contributed by atoms with Gasteiger partial charge in [0, 0.05) is 13.3 Å². The van der Waals surface area contributed by atoms with Crippen LogP contribution in [-0.4, -0.2) is 31.3 Å². The second-order valence-corrected chi connectivity index (χ2v) is 7.67. The van der Waals surface area contributed by atoms with Crippen LogP contribution >= 0.6 is 0 Å². The Bertz CT molecular complexity index is 675. The summed E-state index contributed by atoms with van der Waals surface area (Å²) in [6.45, 7) is 3.82. The molecule has 1 atom stereocenters. The van der Waals surface area contributed by atoms with E-state index in [-0.39, 0.29) is 25.4 Å². The van der Waals surface area contributed by atoms with Crippen LogP contribution in [0, 0.1) is 0 Å². The van der Waals surface area contributed by atoms with Gasteiger partial charge in [-0.2, -0.15) is 13.2 Å². The molecule has 0 radical (unpaired) electrons. The summed E-state index contributed by atoms with van der Waals surface area (Å²) in [5.74, 6) is 0.366. The SMILES string of the molecule is CCCCCCCOc1ccc(CCC2(CCF)COC(C)=N2)cc1C(F)(F)F. The third kappa shape index (κ3) is 7.19. The molecule has 7 heteroatoms. The van der Waals surface area contributed by atoms with Crippen molar-refractivity contribution in [3.63, 3.8) is 0 Å². The van der Waals surface area contributed by atoms with Gasteiger partial charge in [0.05, 0.1) is 18.8 Å². The van der Waals surface area contributed by atoms with Crippen molar-refractivity contribution in [1.82, 2.24) is 0 Å². The number of ether oxygens (including phenoxy) is 2. The number of nitrogens with zero attached hydrogens (tertiary/aromatic N) is 1. The molecule has 1 heterocycles. The molecule has 0 bridgehead atoms. The first-order chi connectivity index (χ1) is 13.8. The van der Waals surface area contributed by atoms with Gasteiger partial charge in [-0.1, -0.05) is 38.7 Å². The predicted octanol–water partition coefficient (Wildman–Crippen LogP) is 6.53. The normalized spacial score (nSPS) is 19.2. The molecular formula is C22H31F4NO2. The lowest BCUT2D eigenvalue weighted by atomic mass is 9.89. The molecule has 29 heavy (non-hydrogen) atoms. The molecular weight excluding hydrogens is 386 g/mol. The third-order valence-corrected chi connectivity index (χ3v) is 5.24. The molecule has 1 aliphatic rings. The molecule has 1 aliphatic heterocycles. The van der Waals surface area contributed by atoms with E-state index in [1.807, 2.05) is 0 Å². The van der Waals surface area contributed by atoms with Gasteiger partial charge in [0.25, 0.3) is 0 Å². The number of benzene rings is 1. The first-order valence-electron chi connectivity index (χ1n) is 10.4. The molecule has 0 amide bonds. The highest BCUT2D eigenvalue weighted by molar-refractivity contribution is 5.75. The smallest absolute Gasteiger partial charge is 0.419 e. The van der Waals surface area contributed by atoms with Crippen LogP contribution in [0.5, 0.6) is 5.75 Å². The lowest BCUT2D eigenvalue weighted by Crippen LogP contribution is -2.30. The number of unbranched alkanes of at least 4 members (excludes halogenated alkanes) is 4. The first-order valence-corrected chi connectivity index (χ1v) is 10.4. The van der Waals surface area contributed by atoms with Gasteiger partial charge in [-0.15, -0.1) is 0 Å². The van der Waals surface area contributed by atoms with E-state index in [2.05, 4.69) is 11.9 Å². The number of hydrogen-bond acceptors (Lipinski definition) is 3. The van der Waals surface area contributed by atoms with E-state index in [0.29, 0.717) is 24.3 Å². The summed E-state index contributed by atoms with van der Waals surface area (Å²) in [6, 6.07) is 4.19. The molecule has 0 aromatic heterocycles. The quantitative estimate of drug-likeness (QED) is 0.286. The average molecular weight is 417 g/mol. The van der Waals surface area contributed by atoms with Crippen LogP contribution in [-0.2, 0) is 17.3 Å². The zero-order valence-electron chi connectivity index (χ0n) is 17.3. The van der Waals surface area contributed by atoms with E-state index in [0.717, 1.165) is 38.2 Å². The molecule has 0 N–H and O–H groups in total. The summed E-state index contributed by atoms with van der Waals surface area (Å²) < 4.78 is 64.3. The van der Waals surface area contributed by atoms with E-state index in [1.54, 1.807) is 13.0 Å². The topological polar surface area (TPSA) is 30.8 Å². The van der Waals surface area contributed by atoms with Crippen LogP contribution in [0.25, 0.3) is 0 Å². The lowest BCUT2D eigenvalue weighted by Gasteiger charge is -2.23. The van der Waals surface area contributed by atoms with Crippen LogP contribution in [0.4, 0.5) is 17.6 Å². The maximum absolute atomic E-state index is 13.5. The van der Waals surface area contributed by atoms with Gasteiger partial charge in [-0.05, 0) is 37.0 Å². The summed E-state index contributed by atoms with van der Waals surface area (Å²) in [6.07, 6.45) is 1.51. The van der Waals surface area contributed by atoms with Gasteiger partial charge in [0.2, 0.25) is 0 Å². The number of halogens is 4. The van der Waals surface area contributed by atoms with Crippen molar-refractivity contribution in [2.45, 2.75) is 76.9 Å². The Balaban J connectivity index is 2.02. The molecule has 2 rings (SSSR count). The van der Waals surface area contributed by atoms with Crippen molar-refractivity contribution in [3.8, 4) is 5.75 Å². The Morgan fingerprint density at radius 1 is 1.14 bits per heavy atom. The summed E-state index contributed by atoms with van der Waals surface area (Å²) >= 11 is 0. The fourth-order valence-electron chi connectivity index (χ4n) is 3.54.